The van der Waals surface area contributed by atoms with Crippen molar-refractivity contribution in [1.82, 2.24) is 15.1 Å². The molecule has 0 aromatic heterocycles. The van der Waals surface area contributed by atoms with E-state index in [1.165, 1.54) is 26.2 Å². The fourth-order valence-corrected chi connectivity index (χ4v) is 2.50. The third-order valence-electron chi connectivity index (χ3n) is 3.59. The highest BCUT2D eigenvalue weighted by atomic mass is 15.3. The van der Waals surface area contributed by atoms with Gasteiger partial charge in [0.25, 0.3) is 0 Å². The van der Waals surface area contributed by atoms with Crippen LogP contribution in [-0.4, -0.2) is 61.7 Å². The second-order valence-corrected chi connectivity index (χ2v) is 6.78. The molecule has 1 rings (SSSR count). The Hall–Kier alpha value is -0.120. The van der Waals surface area contributed by atoms with Crippen LogP contribution in [0, 0.1) is 5.41 Å². The van der Waals surface area contributed by atoms with Crippen molar-refractivity contribution in [2.45, 2.75) is 46.7 Å². The third-order valence-corrected chi connectivity index (χ3v) is 3.59. The van der Waals surface area contributed by atoms with Gasteiger partial charge < -0.3 is 10.2 Å². The number of hydrogen-bond donors (Lipinski definition) is 1. The average Bonchev–Trinajstić information content (AvgIpc) is 2.20. The molecule has 3 heteroatoms. The zero-order chi connectivity index (χ0) is 13.1. The number of nitrogens with one attached hydrogen (secondary N) is 1. The number of nitrogens with zero attached hydrogens (tertiary/aromatic N) is 2. The minimum Gasteiger partial charge on any atom is -0.314 e. The SMILES string of the molecule is CC(C)NCC(C)(C)CN1CCN(C)CC1C. The first-order chi connectivity index (χ1) is 7.80. The zero-order valence-electron chi connectivity index (χ0n) is 12.6. The molecule has 1 atom stereocenters. The summed E-state index contributed by atoms with van der Waals surface area (Å²) in [5.41, 5.74) is 0.356. The van der Waals surface area contributed by atoms with Gasteiger partial charge in [0.1, 0.15) is 0 Å². The predicted octanol–water partition coefficient (Wildman–Crippen LogP) is 1.65. The second-order valence-electron chi connectivity index (χ2n) is 6.78. The maximum absolute atomic E-state index is 3.56. The lowest BCUT2D eigenvalue weighted by Gasteiger charge is -2.42. The van der Waals surface area contributed by atoms with Gasteiger partial charge in [0, 0.05) is 44.8 Å². The summed E-state index contributed by atoms with van der Waals surface area (Å²) in [5.74, 6) is 0. The van der Waals surface area contributed by atoms with Crippen molar-refractivity contribution in [2.24, 2.45) is 5.41 Å². The fourth-order valence-electron chi connectivity index (χ4n) is 2.50. The largest absolute Gasteiger partial charge is 0.314 e. The molecule has 0 spiro atoms. The minimum absolute atomic E-state index is 0.356. The number of rotatable bonds is 5. The molecular weight excluding hydrogens is 210 g/mol. The van der Waals surface area contributed by atoms with E-state index >= 15 is 0 Å². The van der Waals surface area contributed by atoms with Crippen molar-refractivity contribution in [3.63, 3.8) is 0 Å². The van der Waals surface area contributed by atoms with Crippen LogP contribution < -0.4 is 5.32 Å². The molecule has 17 heavy (non-hydrogen) atoms. The minimum atomic E-state index is 0.356. The number of hydrogen-bond acceptors (Lipinski definition) is 3. The summed E-state index contributed by atoms with van der Waals surface area (Å²) >= 11 is 0. The Morgan fingerprint density at radius 1 is 1.29 bits per heavy atom. The molecule has 0 aromatic carbocycles. The quantitative estimate of drug-likeness (QED) is 0.789. The van der Waals surface area contributed by atoms with Crippen LogP contribution in [0.2, 0.25) is 0 Å². The first kappa shape index (κ1) is 14.9. The number of likely N-dealkylation sites (N-methyl/N-ethyl adjacent to an activating group) is 1. The zero-order valence-corrected chi connectivity index (χ0v) is 12.6. The summed E-state index contributed by atoms with van der Waals surface area (Å²) in [6.45, 7) is 17.4. The standard InChI is InChI=1S/C14H31N3/c1-12(2)15-10-14(4,5)11-17-8-7-16(6)9-13(17)3/h12-13,15H,7-11H2,1-6H3. The van der Waals surface area contributed by atoms with Gasteiger partial charge in [-0.1, -0.05) is 27.7 Å². The van der Waals surface area contributed by atoms with Crippen molar-refractivity contribution in [1.29, 1.82) is 0 Å². The molecule has 1 fully saturated rings. The predicted molar refractivity (Wildman–Crippen MR) is 75.5 cm³/mol. The van der Waals surface area contributed by atoms with E-state index < -0.39 is 0 Å². The normalized spacial score (nSPS) is 24.5. The summed E-state index contributed by atoms with van der Waals surface area (Å²) in [6, 6.07) is 1.27. The summed E-state index contributed by atoms with van der Waals surface area (Å²) in [5, 5.41) is 3.56. The lowest BCUT2D eigenvalue weighted by molar-refractivity contribution is 0.0645. The van der Waals surface area contributed by atoms with Crippen molar-refractivity contribution in [3.8, 4) is 0 Å². The molecule has 0 aliphatic carbocycles. The van der Waals surface area contributed by atoms with Crippen LogP contribution in [0.25, 0.3) is 0 Å². The van der Waals surface area contributed by atoms with Gasteiger partial charge in [0.15, 0.2) is 0 Å². The summed E-state index contributed by atoms with van der Waals surface area (Å²) < 4.78 is 0. The molecular formula is C14H31N3. The van der Waals surface area contributed by atoms with Crippen LogP contribution in [-0.2, 0) is 0 Å². The molecule has 1 aliphatic rings. The van der Waals surface area contributed by atoms with Gasteiger partial charge in [-0.2, -0.15) is 0 Å². The average molecular weight is 241 g/mol. The molecule has 0 bridgehead atoms. The van der Waals surface area contributed by atoms with Gasteiger partial charge in [-0.3, -0.25) is 4.90 Å². The molecule has 0 aromatic rings. The lowest BCUT2D eigenvalue weighted by atomic mass is 9.91. The Kier molecular flexibility index (Phi) is 5.42. The van der Waals surface area contributed by atoms with Gasteiger partial charge in [-0.15, -0.1) is 0 Å². The number of piperazine rings is 1. The lowest BCUT2D eigenvalue weighted by Crippen LogP contribution is -2.54. The van der Waals surface area contributed by atoms with Gasteiger partial charge in [0.05, 0.1) is 0 Å². The fraction of sp³-hybridized carbons (Fsp3) is 1.00. The van der Waals surface area contributed by atoms with Crippen molar-refractivity contribution >= 4 is 0 Å². The summed E-state index contributed by atoms with van der Waals surface area (Å²) in [7, 11) is 2.22. The summed E-state index contributed by atoms with van der Waals surface area (Å²) in [4.78, 5) is 5.07. The van der Waals surface area contributed by atoms with E-state index in [2.05, 4.69) is 56.8 Å². The van der Waals surface area contributed by atoms with E-state index in [9.17, 15) is 0 Å². The van der Waals surface area contributed by atoms with E-state index in [1.807, 2.05) is 0 Å². The Labute approximate surface area is 108 Å². The maximum atomic E-state index is 3.56. The van der Waals surface area contributed by atoms with E-state index in [4.69, 9.17) is 0 Å². The highest BCUT2D eigenvalue weighted by molar-refractivity contribution is 4.83. The third kappa shape index (κ3) is 5.36. The first-order valence-electron chi connectivity index (χ1n) is 6.96. The Balaban J connectivity index is 2.40. The Morgan fingerprint density at radius 3 is 2.47 bits per heavy atom. The second kappa shape index (κ2) is 6.17. The molecule has 1 heterocycles. The van der Waals surface area contributed by atoms with Crippen LogP contribution in [0.15, 0.2) is 0 Å². The molecule has 0 saturated carbocycles. The molecule has 1 N–H and O–H groups in total. The van der Waals surface area contributed by atoms with Crippen LogP contribution in [0.1, 0.15) is 34.6 Å². The Bertz CT molecular complexity index is 226. The highest BCUT2D eigenvalue weighted by Crippen LogP contribution is 2.19. The topological polar surface area (TPSA) is 18.5 Å². The van der Waals surface area contributed by atoms with Gasteiger partial charge in [0.2, 0.25) is 0 Å². The highest BCUT2D eigenvalue weighted by Gasteiger charge is 2.27. The van der Waals surface area contributed by atoms with Crippen LogP contribution in [0.5, 0.6) is 0 Å². The molecule has 1 unspecified atom stereocenters. The van der Waals surface area contributed by atoms with E-state index in [0.717, 1.165) is 6.54 Å². The monoisotopic (exact) mass is 241 g/mol. The van der Waals surface area contributed by atoms with E-state index in [1.54, 1.807) is 0 Å². The van der Waals surface area contributed by atoms with E-state index in [0.29, 0.717) is 17.5 Å². The smallest absolute Gasteiger partial charge is 0.0195 e. The molecule has 1 aliphatic heterocycles. The molecule has 0 amide bonds. The molecule has 102 valence electrons. The molecule has 1 saturated heterocycles. The molecule has 0 radical (unpaired) electrons. The van der Waals surface area contributed by atoms with Gasteiger partial charge >= 0.3 is 0 Å². The van der Waals surface area contributed by atoms with Crippen molar-refractivity contribution < 1.29 is 0 Å². The van der Waals surface area contributed by atoms with Gasteiger partial charge in [-0.05, 0) is 19.4 Å². The van der Waals surface area contributed by atoms with Crippen LogP contribution in [0.4, 0.5) is 0 Å². The Morgan fingerprint density at radius 2 is 1.94 bits per heavy atom. The van der Waals surface area contributed by atoms with Crippen LogP contribution in [0.3, 0.4) is 0 Å². The van der Waals surface area contributed by atoms with Crippen molar-refractivity contribution in [2.75, 3.05) is 39.8 Å². The maximum Gasteiger partial charge on any atom is 0.0195 e. The van der Waals surface area contributed by atoms with E-state index in [-0.39, 0.29) is 0 Å². The first-order valence-corrected chi connectivity index (χ1v) is 6.96. The summed E-state index contributed by atoms with van der Waals surface area (Å²) in [6.07, 6.45) is 0. The van der Waals surface area contributed by atoms with Gasteiger partial charge in [-0.25, -0.2) is 0 Å². The van der Waals surface area contributed by atoms with Crippen molar-refractivity contribution in [3.05, 3.63) is 0 Å². The van der Waals surface area contributed by atoms with Crippen LogP contribution >= 0.6 is 0 Å². The molecule has 3 nitrogen and oxygen atoms in total.